The van der Waals surface area contributed by atoms with Crippen LogP contribution >= 0.6 is 0 Å². The predicted molar refractivity (Wildman–Crippen MR) is 79.8 cm³/mol. The summed E-state index contributed by atoms with van der Waals surface area (Å²) < 4.78 is 5.74. The van der Waals surface area contributed by atoms with Crippen LogP contribution in [-0.2, 0) is 0 Å². The van der Waals surface area contributed by atoms with Gasteiger partial charge in [0.1, 0.15) is 18.5 Å². The van der Waals surface area contributed by atoms with Crippen molar-refractivity contribution in [1.82, 2.24) is 5.32 Å². The molecule has 0 aliphatic rings. The summed E-state index contributed by atoms with van der Waals surface area (Å²) in [5, 5.41) is 13.2. The summed E-state index contributed by atoms with van der Waals surface area (Å²) >= 11 is 0. The third-order valence-electron chi connectivity index (χ3n) is 3.29. The highest BCUT2D eigenvalue weighted by molar-refractivity contribution is 5.35. The fourth-order valence-corrected chi connectivity index (χ4v) is 1.82. The van der Waals surface area contributed by atoms with Crippen molar-refractivity contribution in [2.75, 3.05) is 13.2 Å². The van der Waals surface area contributed by atoms with E-state index in [2.05, 4.69) is 39.1 Å². The molecule has 108 valence electrons. The Morgan fingerprint density at radius 3 is 2.53 bits per heavy atom. The lowest BCUT2D eigenvalue weighted by atomic mass is 10.0. The van der Waals surface area contributed by atoms with Gasteiger partial charge >= 0.3 is 0 Å². The van der Waals surface area contributed by atoms with Crippen molar-refractivity contribution in [3.63, 3.8) is 0 Å². The van der Waals surface area contributed by atoms with Gasteiger partial charge in [-0.15, -0.1) is 0 Å². The summed E-state index contributed by atoms with van der Waals surface area (Å²) in [5.41, 5.74) is 1.18. The first kappa shape index (κ1) is 16.0. The molecule has 0 fully saturated rings. The van der Waals surface area contributed by atoms with E-state index >= 15 is 0 Å². The molecule has 0 saturated carbocycles. The van der Waals surface area contributed by atoms with Crippen LogP contribution in [0.5, 0.6) is 5.75 Å². The van der Waals surface area contributed by atoms with Gasteiger partial charge in [-0.25, -0.2) is 0 Å². The van der Waals surface area contributed by atoms with Gasteiger partial charge in [0.2, 0.25) is 0 Å². The third kappa shape index (κ3) is 5.62. The molecule has 19 heavy (non-hydrogen) atoms. The van der Waals surface area contributed by atoms with E-state index in [1.54, 1.807) is 0 Å². The molecular weight excluding hydrogens is 238 g/mol. The zero-order chi connectivity index (χ0) is 14.3. The number of hydrogen-bond donors (Lipinski definition) is 2. The second-order valence-corrected chi connectivity index (χ2v) is 5.37. The van der Waals surface area contributed by atoms with Gasteiger partial charge < -0.3 is 15.2 Å². The molecule has 0 saturated heterocycles. The van der Waals surface area contributed by atoms with Gasteiger partial charge in [-0.1, -0.05) is 39.0 Å². The third-order valence-corrected chi connectivity index (χ3v) is 3.29. The van der Waals surface area contributed by atoms with Crippen molar-refractivity contribution in [2.24, 2.45) is 0 Å². The van der Waals surface area contributed by atoms with E-state index in [0.29, 0.717) is 25.1 Å². The Hall–Kier alpha value is -1.06. The molecule has 0 aliphatic heterocycles. The smallest absolute Gasteiger partial charge is 0.122 e. The van der Waals surface area contributed by atoms with Gasteiger partial charge in [0, 0.05) is 12.6 Å². The van der Waals surface area contributed by atoms with E-state index in [0.717, 1.165) is 12.2 Å². The number of rotatable bonds is 8. The molecule has 3 heteroatoms. The lowest BCUT2D eigenvalue weighted by Gasteiger charge is -2.18. The van der Waals surface area contributed by atoms with Crippen LogP contribution in [0, 0.1) is 0 Å². The Bertz CT molecular complexity index is 366. The molecule has 0 amide bonds. The predicted octanol–water partition coefficient (Wildman–Crippen LogP) is 2.94. The van der Waals surface area contributed by atoms with Crippen molar-refractivity contribution >= 4 is 0 Å². The standard InChI is InChI=1S/C16H27NO2/c1-5-13(4)17-10-14(18)11-19-16-9-7-6-8-15(16)12(2)3/h6-9,12-14,17-18H,5,10-11H2,1-4H3/t13-,14-/m0/s1. The van der Waals surface area contributed by atoms with E-state index in [-0.39, 0.29) is 0 Å². The van der Waals surface area contributed by atoms with Gasteiger partial charge in [-0.3, -0.25) is 0 Å². The topological polar surface area (TPSA) is 41.5 Å². The number of aliphatic hydroxyl groups is 1. The van der Waals surface area contributed by atoms with Crippen molar-refractivity contribution in [1.29, 1.82) is 0 Å². The molecule has 0 unspecified atom stereocenters. The van der Waals surface area contributed by atoms with E-state index in [4.69, 9.17) is 4.74 Å². The van der Waals surface area contributed by atoms with Gasteiger partial charge in [0.05, 0.1) is 0 Å². The summed E-state index contributed by atoms with van der Waals surface area (Å²) in [7, 11) is 0. The van der Waals surface area contributed by atoms with Gasteiger partial charge in [-0.2, -0.15) is 0 Å². The van der Waals surface area contributed by atoms with E-state index in [9.17, 15) is 5.11 Å². The second-order valence-electron chi connectivity index (χ2n) is 5.37. The minimum Gasteiger partial charge on any atom is -0.491 e. The summed E-state index contributed by atoms with van der Waals surface area (Å²) in [5.74, 6) is 1.30. The van der Waals surface area contributed by atoms with E-state index in [1.165, 1.54) is 5.56 Å². The monoisotopic (exact) mass is 265 g/mol. The van der Waals surface area contributed by atoms with Gasteiger partial charge in [0.15, 0.2) is 0 Å². The Kier molecular flexibility index (Phi) is 6.89. The van der Waals surface area contributed by atoms with Crippen LogP contribution in [0.25, 0.3) is 0 Å². The molecule has 0 aromatic heterocycles. The first-order valence-corrected chi connectivity index (χ1v) is 7.17. The van der Waals surface area contributed by atoms with E-state index in [1.807, 2.05) is 18.2 Å². The number of benzene rings is 1. The van der Waals surface area contributed by atoms with Crippen LogP contribution in [0.4, 0.5) is 0 Å². The molecule has 1 aromatic carbocycles. The van der Waals surface area contributed by atoms with Gasteiger partial charge in [0.25, 0.3) is 0 Å². The largest absolute Gasteiger partial charge is 0.491 e. The maximum Gasteiger partial charge on any atom is 0.122 e. The molecule has 1 aromatic rings. The molecular formula is C16H27NO2. The van der Waals surface area contributed by atoms with Crippen LogP contribution in [0.15, 0.2) is 24.3 Å². The first-order chi connectivity index (χ1) is 9.04. The summed E-state index contributed by atoms with van der Waals surface area (Å²) in [6.45, 7) is 9.42. The highest BCUT2D eigenvalue weighted by atomic mass is 16.5. The van der Waals surface area contributed by atoms with Crippen molar-refractivity contribution < 1.29 is 9.84 Å². The normalized spacial score (nSPS) is 14.4. The Balaban J connectivity index is 2.44. The molecule has 0 bridgehead atoms. The molecule has 0 aliphatic carbocycles. The maximum absolute atomic E-state index is 9.90. The van der Waals surface area contributed by atoms with Crippen LogP contribution in [0.2, 0.25) is 0 Å². The maximum atomic E-state index is 9.90. The minimum atomic E-state index is -0.478. The number of para-hydroxylation sites is 1. The molecule has 0 radical (unpaired) electrons. The first-order valence-electron chi connectivity index (χ1n) is 7.17. The quantitative estimate of drug-likeness (QED) is 0.759. The Labute approximate surface area is 117 Å². The highest BCUT2D eigenvalue weighted by Crippen LogP contribution is 2.25. The average Bonchev–Trinajstić information content (AvgIpc) is 2.42. The van der Waals surface area contributed by atoms with Crippen LogP contribution in [0.3, 0.4) is 0 Å². The second kappa shape index (κ2) is 8.18. The van der Waals surface area contributed by atoms with Crippen LogP contribution in [-0.4, -0.2) is 30.4 Å². The minimum absolute atomic E-state index is 0.327. The van der Waals surface area contributed by atoms with Crippen molar-refractivity contribution in [2.45, 2.75) is 52.2 Å². The molecule has 2 N–H and O–H groups in total. The number of hydrogen-bond acceptors (Lipinski definition) is 3. The lowest BCUT2D eigenvalue weighted by Crippen LogP contribution is -2.36. The summed E-state index contributed by atoms with van der Waals surface area (Å²) in [6.07, 6.45) is 0.582. The summed E-state index contributed by atoms with van der Waals surface area (Å²) in [4.78, 5) is 0. The van der Waals surface area contributed by atoms with Crippen molar-refractivity contribution in [3.8, 4) is 5.75 Å². The lowest BCUT2D eigenvalue weighted by molar-refractivity contribution is 0.103. The van der Waals surface area contributed by atoms with Gasteiger partial charge in [-0.05, 0) is 30.9 Å². The average molecular weight is 265 g/mol. The Morgan fingerprint density at radius 2 is 1.89 bits per heavy atom. The number of nitrogens with one attached hydrogen (secondary N) is 1. The summed E-state index contributed by atoms with van der Waals surface area (Å²) in [6, 6.07) is 8.44. The fourth-order valence-electron chi connectivity index (χ4n) is 1.82. The van der Waals surface area contributed by atoms with Crippen LogP contribution in [0.1, 0.15) is 45.6 Å². The highest BCUT2D eigenvalue weighted by Gasteiger charge is 2.10. The molecule has 2 atom stereocenters. The molecule has 0 spiro atoms. The zero-order valence-corrected chi connectivity index (χ0v) is 12.5. The van der Waals surface area contributed by atoms with Crippen LogP contribution < -0.4 is 10.1 Å². The number of ether oxygens (including phenoxy) is 1. The fraction of sp³-hybridized carbons (Fsp3) is 0.625. The van der Waals surface area contributed by atoms with Crippen molar-refractivity contribution in [3.05, 3.63) is 29.8 Å². The zero-order valence-electron chi connectivity index (χ0n) is 12.5. The Morgan fingerprint density at radius 1 is 1.21 bits per heavy atom. The number of aliphatic hydroxyl groups excluding tert-OH is 1. The molecule has 3 nitrogen and oxygen atoms in total. The molecule has 0 heterocycles. The van der Waals surface area contributed by atoms with E-state index < -0.39 is 6.10 Å². The molecule has 1 rings (SSSR count). The SMILES string of the molecule is CC[C@H](C)NC[C@H](O)COc1ccccc1C(C)C.